The number of nitrogens with zero attached hydrogens (tertiary/aromatic N) is 2. The Kier molecular flexibility index (Phi) is 2.97. The Labute approximate surface area is 92.9 Å². The molecule has 0 saturated heterocycles. The van der Waals surface area contributed by atoms with E-state index in [-0.39, 0.29) is 0 Å². The minimum atomic E-state index is 0.788. The Morgan fingerprint density at radius 3 is 2.93 bits per heavy atom. The third-order valence-corrected chi connectivity index (χ3v) is 2.95. The van der Waals surface area contributed by atoms with Crippen LogP contribution in [0.15, 0.2) is 24.3 Å². The fourth-order valence-electron chi connectivity index (χ4n) is 1.28. The first-order valence-corrected chi connectivity index (χ1v) is 5.58. The van der Waals surface area contributed by atoms with Crippen LogP contribution in [0, 0.1) is 0 Å². The SMILES string of the molecule is CCc1nc(-c2cccc(OC)c2)ns1. The molecule has 2 rings (SSSR count). The zero-order valence-corrected chi connectivity index (χ0v) is 9.54. The number of aryl methyl sites for hydroxylation is 1. The van der Waals surface area contributed by atoms with Crippen LogP contribution in [-0.2, 0) is 6.42 Å². The number of aromatic nitrogens is 2. The van der Waals surface area contributed by atoms with E-state index < -0.39 is 0 Å². The van der Waals surface area contributed by atoms with Crippen LogP contribution in [0.1, 0.15) is 11.9 Å². The molecule has 0 unspecified atom stereocenters. The molecule has 2 aromatic rings. The molecule has 0 bridgehead atoms. The van der Waals surface area contributed by atoms with Crippen molar-refractivity contribution in [1.82, 2.24) is 9.36 Å². The quantitative estimate of drug-likeness (QED) is 0.797. The van der Waals surface area contributed by atoms with Crippen molar-refractivity contribution < 1.29 is 4.74 Å². The lowest BCUT2D eigenvalue weighted by molar-refractivity contribution is 0.415. The maximum Gasteiger partial charge on any atom is 0.173 e. The predicted octanol–water partition coefficient (Wildman–Crippen LogP) is 2.78. The van der Waals surface area contributed by atoms with Gasteiger partial charge in [-0.3, -0.25) is 0 Å². The summed E-state index contributed by atoms with van der Waals surface area (Å²) in [4.78, 5) is 4.43. The molecule has 1 aromatic carbocycles. The van der Waals surface area contributed by atoms with Crippen LogP contribution in [0.3, 0.4) is 0 Å². The van der Waals surface area contributed by atoms with Crippen LogP contribution in [0.5, 0.6) is 5.75 Å². The van der Waals surface area contributed by atoms with Gasteiger partial charge in [0, 0.05) is 5.56 Å². The molecule has 1 aromatic heterocycles. The van der Waals surface area contributed by atoms with Crippen LogP contribution in [0.2, 0.25) is 0 Å². The normalized spacial score (nSPS) is 10.3. The maximum atomic E-state index is 5.16. The zero-order chi connectivity index (χ0) is 10.7. The predicted molar refractivity (Wildman–Crippen MR) is 61.3 cm³/mol. The van der Waals surface area contributed by atoms with Crippen LogP contribution in [0.4, 0.5) is 0 Å². The summed E-state index contributed by atoms with van der Waals surface area (Å²) in [6, 6.07) is 7.79. The second kappa shape index (κ2) is 4.40. The van der Waals surface area contributed by atoms with Crippen molar-refractivity contribution in [3.05, 3.63) is 29.3 Å². The summed E-state index contributed by atoms with van der Waals surface area (Å²) in [7, 11) is 1.66. The Morgan fingerprint density at radius 2 is 2.27 bits per heavy atom. The topological polar surface area (TPSA) is 35.0 Å². The molecule has 3 nitrogen and oxygen atoms in total. The number of hydrogen-bond acceptors (Lipinski definition) is 4. The highest BCUT2D eigenvalue weighted by molar-refractivity contribution is 7.05. The summed E-state index contributed by atoms with van der Waals surface area (Å²) in [6.45, 7) is 2.08. The molecule has 0 aliphatic carbocycles. The largest absolute Gasteiger partial charge is 0.497 e. The van der Waals surface area contributed by atoms with Gasteiger partial charge in [0.25, 0.3) is 0 Å². The fourth-order valence-corrected chi connectivity index (χ4v) is 1.87. The summed E-state index contributed by atoms with van der Waals surface area (Å²) in [6.07, 6.45) is 0.932. The van der Waals surface area contributed by atoms with Crippen LogP contribution in [0.25, 0.3) is 11.4 Å². The smallest absolute Gasteiger partial charge is 0.173 e. The molecule has 0 spiro atoms. The molecule has 0 radical (unpaired) electrons. The van der Waals surface area contributed by atoms with Crippen molar-refractivity contribution in [3.8, 4) is 17.1 Å². The van der Waals surface area contributed by atoms with Crippen LogP contribution in [-0.4, -0.2) is 16.5 Å². The molecule has 0 aliphatic rings. The van der Waals surface area contributed by atoms with E-state index in [9.17, 15) is 0 Å². The summed E-state index contributed by atoms with van der Waals surface area (Å²) in [5.41, 5.74) is 1.00. The highest BCUT2D eigenvalue weighted by Gasteiger charge is 2.05. The second-order valence-electron chi connectivity index (χ2n) is 3.10. The first-order valence-electron chi connectivity index (χ1n) is 4.80. The molecule has 78 valence electrons. The van der Waals surface area contributed by atoms with Gasteiger partial charge in [0.15, 0.2) is 5.82 Å². The van der Waals surface area contributed by atoms with Gasteiger partial charge in [-0.1, -0.05) is 19.1 Å². The molecule has 4 heteroatoms. The van der Waals surface area contributed by atoms with Crippen LogP contribution >= 0.6 is 11.5 Å². The zero-order valence-electron chi connectivity index (χ0n) is 8.73. The average Bonchev–Trinajstić information content (AvgIpc) is 2.78. The molecule has 0 saturated carbocycles. The molecule has 1 heterocycles. The van der Waals surface area contributed by atoms with Gasteiger partial charge < -0.3 is 4.74 Å². The maximum absolute atomic E-state index is 5.16. The van der Waals surface area contributed by atoms with Gasteiger partial charge in [0.1, 0.15) is 10.8 Å². The fraction of sp³-hybridized carbons (Fsp3) is 0.273. The molecule has 0 aliphatic heterocycles. The van der Waals surface area contributed by atoms with Gasteiger partial charge >= 0.3 is 0 Å². The summed E-state index contributed by atoms with van der Waals surface area (Å²) in [5, 5.41) is 1.06. The van der Waals surface area contributed by atoms with Crippen molar-refractivity contribution >= 4 is 11.5 Å². The second-order valence-corrected chi connectivity index (χ2v) is 3.93. The van der Waals surface area contributed by atoms with Gasteiger partial charge in [-0.2, -0.15) is 4.37 Å². The molecular weight excluding hydrogens is 208 g/mol. The molecular formula is C11H12N2OS. The van der Waals surface area contributed by atoms with Gasteiger partial charge in [0.05, 0.1) is 7.11 Å². The number of hydrogen-bond donors (Lipinski definition) is 0. The first kappa shape index (κ1) is 10.1. The van der Waals surface area contributed by atoms with E-state index in [1.165, 1.54) is 11.5 Å². The van der Waals surface area contributed by atoms with Crippen LogP contribution < -0.4 is 4.74 Å². The molecule has 0 atom stereocenters. The van der Waals surface area contributed by atoms with E-state index in [1.807, 2.05) is 24.3 Å². The average molecular weight is 220 g/mol. The van der Waals surface area contributed by atoms with Gasteiger partial charge in [-0.05, 0) is 30.1 Å². The van der Waals surface area contributed by atoms with E-state index in [1.54, 1.807) is 7.11 Å². The Hall–Kier alpha value is -1.42. The lowest BCUT2D eigenvalue weighted by Gasteiger charge is -2.00. The third kappa shape index (κ3) is 2.15. The van der Waals surface area contributed by atoms with E-state index in [0.29, 0.717) is 0 Å². The summed E-state index contributed by atoms with van der Waals surface area (Å²) < 4.78 is 9.46. The number of benzene rings is 1. The molecule has 15 heavy (non-hydrogen) atoms. The van der Waals surface area contributed by atoms with Gasteiger partial charge in [0.2, 0.25) is 0 Å². The van der Waals surface area contributed by atoms with E-state index in [0.717, 1.165) is 28.6 Å². The minimum Gasteiger partial charge on any atom is -0.497 e. The monoisotopic (exact) mass is 220 g/mol. The Bertz CT molecular complexity index is 453. The number of ether oxygens (including phenoxy) is 1. The van der Waals surface area contributed by atoms with E-state index in [4.69, 9.17) is 4.74 Å². The lowest BCUT2D eigenvalue weighted by atomic mass is 10.2. The Balaban J connectivity index is 2.35. The van der Waals surface area contributed by atoms with Crippen molar-refractivity contribution in [2.75, 3.05) is 7.11 Å². The van der Waals surface area contributed by atoms with Gasteiger partial charge in [-0.25, -0.2) is 4.98 Å². The Morgan fingerprint density at radius 1 is 1.40 bits per heavy atom. The van der Waals surface area contributed by atoms with Crippen molar-refractivity contribution in [2.24, 2.45) is 0 Å². The van der Waals surface area contributed by atoms with Gasteiger partial charge in [-0.15, -0.1) is 0 Å². The number of methoxy groups -OCH3 is 1. The van der Waals surface area contributed by atoms with Crippen molar-refractivity contribution in [1.29, 1.82) is 0 Å². The minimum absolute atomic E-state index is 0.788. The van der Waals surface area contributed by atoms with E-state index >= 15 is 0 Å². The lowest BCUT2D eigenvalue weighted by Crippen LogP contribution is -1.85. The molecule has 0 amide bonds. The van der Waals surface area contributed by atoms with Crippen molar-refractivity contribution in [3.63, 3.8) is 0 Å². The molecule has 0 fully saturated rings. The highest BCUT2D eigenvalue weighted by Crippen LogP contribution is 2.22. The number of rotatable bonds is 3. The molecule has 0 N–H and O–H groups in total. The van der Waals surface area contributed by atoms with Crippen molar-refractivity contribution in [2.45, 2.75) is 13.3 Å². The first-order chi connectivity index (χ1) is 7.33. The highest BCUT2D eigenvalue weighted by atomic mass is 32.1. The summed E-state index contributed by atoms with van der Waals surface area (Å²) in [5.74, 6) is 1.62. The standard InChI is InChI=1S/C11H12N2OS/c1-3-10-12-11(13-15-10)8-5-4-6-9(7-8)14-2/h4-7H,3H2,1-2H3. The summed E-state index contributed by atoms with van der Waals surface area (Å²) >= 11 is 1.46. The van der Waals surface area contributed by atoms with E-state index in [2.05, 4.69) is 16.3 Å². The third-order valence-electron chi connectivity index (χ3n) is 2.10.